The summed E-state index contributed by atoms with van der Waals surface area (Å²) >= 11 is 0. The van der Waals surface area contributed by atoms with Crippen molar-refractivity contribution in [2.24, 2.45) is 5.16 Å². The van der Waals surface area contributed by atoms with Gasteiger partial charge < -0.3 is 14.7 Å². The second-order valence-corrected chi connectivity index (χ2v) is 4.31. The Balaban J connectivity index is 2.66. The molecule has 0 atom stereocenters. The normalized spacial score (nSPS) is 11.5. The van der Waals surface area contributed by atoms with E-state index in [1.807, 2.05) is 24.3 Å². The van der Waals surface area contributed by atoms with Crippen molar-refractivity contribution < 1.29 is 19.5 Å². The monoisotopic (exact) mass is 265 g/mol. The van der Waals surface area contributed by atoms with Gasteiger partial charge in [0, 0.05) is 6.42 Å². The molecule has 1 rings (SSSR count). The summed E-state index contributed by atoms with van der Waals surface area (Å²) in [6.07, 6.45) is 0.592. The Hall–Kier alpha value is -2.04. The Morgan fingerprint density at radius 1 is 1.37 bits per heavy atom. The predicted molar refractivity (Wildman–Crippen MR) is 71.8 cm³/mol. The second-order valence-electron chi connectivity index (χ2n) is 4.31. The number of ether oxygens (including phenoxy) is 2. The van der Waals surface area contributed by atoms with Gasteiger partial charge in [0.1, 0.15) is 5.75 Å². The topological polar surface area (TPSA) is 68.1 Å². The van der Waals surface area contributed by atoms with Gasteiger partial charge in [-0.1, -0.05) is 23.4 Å². The van der Waals surface area contributed by atoms with E-state index in [1.54, 1.807) is 21.0 Å². The summed E-state index contributed by atoms with van der Waals surface area (Å²) < 4.78 is 10.2. The van der Waals surface area contributed by atoms with Crippen molar-refractivity contribution in [3.05, 3.63) is 29.8 Å². The quantitative estimate of drug-likeness (QED) is 0.371. The first kappa shape index (κ1) is 15.0. The zero-order valence-corrected chi connectivity index (χ0v) is 11.4. The fourth-order valence-electron chi connectivity index (χ4n) is 1.64. The molecule has 0 saturated heterocycles. The van der Waals surface area contributed by atoms with Gasteiger partial charge in [0.05, 0.1) is 13.2 Å². The zero-order chi connectivity index (χ0) is 14.3. The average Bonchev–Trinajstić information content (AvgIpc) is 2.39. The Morgan fingerprint density at radius 2 is 2.05 bits per heavy atom. The van der Waals surface area contributed by atoms with Gasteiger partial charge in [0.2, 0.25) is 0 Å². The Bertz CT molecular complexity index is 455. The van der Waals surface area contributed by atoms with Crippen LogP contribution in [0.2, 0.25) is 0 Å². The van der Waals surface area contributed by atoms with E-state index in [2.05, 4.69) is 5.16 Å². The number of aryl methyl sites for hydroxylation is 1. The van der Waals surface area contributed by atoms with Crippen LogP contribution in [0.1, 0.15) is 25.8 Å². The summed E-state index contributed by atoms with van der Waals surface area (Å²) in [5.74, 6) is 0.157. The zero-order valence-electron chi connectivity index (χ0n) is 11.4. The fourth-order valence-corrected chi connectivity index (χ4v) is 1.64. The molecule has 0 spiro atoms. The van der Waals surface area contributed by atoms with Gasteiger partial charge in [-0.15, -0.1) is 0 Å². The lowest BCUT2D eigenvalue weighted by atomic mass is 10.1. The minimum Gasteiger partial charge on any atom is -0.496 e. The highest BCUT2D eigenvalue weighted by Crippen LogP contribution is 2.19. The SMILES string of the molecule is COc1ccccc1CC/C(=N\O)C(=O)OC(C)C. The number of carbonyl (C=O) groups excluding carboxylic acids is 1. The number of esters is 1. The maximum atomic E-state index is 11.6. The van der Waals surface area contributed by atoms with Crippen molar-refractivity contribution in [1.29, 1.82) is 0 Å². The van der Waals surface area contributed by atoms with Crippen LogP contribution in [0.25, 0.3) is 0 Å². The summed E-state index contributed by atoms with van der Waals surface area (Å²) in [5.41, 5.74) is 0.961. The fraction of sp³-hybridized carbons (Fsp3) is 0.429. The number of carbonyl (C=O) groups is 1. The van der Waals surface area contributed by atoms with Crippen molar-refractivity contribution in [2.45, 2.75) is 32.8 Å². The average molecular weight is 265 g/mol. The predicted octanol–water partition coefficient (Wildman–Crippen LogP) is 2.41. The molecule has 0 radical (unpaired) electrons. The van der Waals surface area contributed by atoms with Crippen molar-refractivity contribution >= 4 is 11.7 Å². The molecule has 0 aliphatic rings. The van der Waals surface area contributed by atoms with E-state index in [-0.39, 0.29) is 11.8 Å². The van der Waals surface area contributed by atoms with Crippen molar-refractivity contribution in [2.75, 3.05) is 7.11 Å². The molecule has 0 bridgehead atoms. The lowest BCUT2D eigenvalue weighted by Gasteiger charge is -2.10. The molecule has 0 aliphatic heterocycles. The van der Waals surface area contributed by atoms with Crippen molar-refractivity contribution in [3.8, 4) is 5.75 Å². The lowest BCUT2D eigenvalue weighted by molar-refractivity contribution is -0.139. The third-order valence-electron chi connectivity index (χ3n) is 2.52. The van der Waals surface area contributed by atoms with E-state index >= 15 is 0 Å². The first-order chi connectivity index (χ1) is 9.08. The summed E-state index contributed by atoms with van der Waals surface area (Å²) in [6.45, 7) is 3.49. The minimum atomic E-state index is -0.590. The van der Waals surface area contributed by atoms with Gasteiger partial charge in [0.25, 0.3) is 0 Å². The molecule has 0 aromatic heterocycles. The Kier molecular flexibility index (Phi) is 5.85. The maximum Gasteiger partial charge on any atom is 0.356 e. The van der Waals surface area contributed by atoms with Crippen molar-refractivity contribution in [1.82, 2.24) is 0 Å². The number of nitrogens with zero attached hydrogens (tertiary/aromatic N) is 1. The molecule has 1 N–H and O–H groups in total. The number of benzene rings is 1. The molecule has 1 aromatic carbocycles. The molecular formula is C14H19NO4. The van der Waals surface area contributed by atoms with Crippen LogP contribution >= 0.6 is 0 Å². The van der Waals surface area contributed by atoms with E-state index < -0.39 is 5.97 Å². The van der Waals surface area contributed by atoms with Crippen LogP contribution in [0.15, 0.2) is 29.4 Å². The van der Waals surface area contributed by atoms with Crippen LogP contribution in [-0.4, -0.2) is 30.1 Å². The van der Waals surface area contributed by atoms with Gasteiger partial charge in [-0.05, 0) is 31.9 Å². The summed E-state index contributed by atoms with van der Waals surface area (Å²) in [5, 5.41) is 11.9. The number of hydrogen-bond acceptors (Lipinski definition) is 5. The van der Waals surface area contributed by atoms with Gasteiger partial charge >= 0.3 is 5.97 Å². The number of methoxy groups -OCH3 is 1. The molecule has 0 saturated carbocycles. The third-order valence-corrected chi connectivity index (χ3v) is 2.52. The van der Waals surface area contributed by atoms with Gasteiger partial charge in [-0.25, -0.2) is 4.79 Å². The molecule has 0 aliphatic carbocycles. The van der Waals surface area contributed by atoms with Crippen LogP contribution in [0.3, 0.4) is 0 Å². The standard InChI is InChI=1S/C14H19NO4/c1-10(2)19-14(16)12(15-17)9-8-11-6-4-5-7-13(11)18-3/h4-7,10,17H,8-9H2,1-3H3/b15-12+. The van der Waals surface area contributed by atoms with Gasteiger partial charge in [0.15, 0.2) is 5.71 Å². The molecule has 19 heavy (non-hydrogen) atoms. The van der Waals surface area contributed by atoms with Crippen LogP contribution in [-0.2, 0) is 16.0 Å². The van der Waals surface area contributed by atoms with Gasteiger partial charge in [-0.3, -0.25) is 0 Å². The number of rotatable bonds is 6. The molecule has 0 fully saturated rings. The highest BCUT2D eigenvalue weighted by Gasteiger charge is 2.16. The summed E-state index contributed by atoms with van der Waals surface area (Å²) in [6, 6.07) is 7.51. The molecule has 104 valence electrons. The van der Waals surface area contributed by atoms with E-state index in [4.69, 9.17) is 14.7 Å². The smallest absolute Gasteiger partial charge is 0.356 e. The molecule has 5 heteroatoms. The lowest BCUT2D eigenvalue weighted by Crippen LogP contribution is -2.21. The van der Waals surface area contributed by atoms with E-state index in [0.717, 1.165) is 11.3 Å². The summed E-state index contributed by atoms with van der Waals surface area (Å²) in [7, 11) is 1.59. The molecule has 1 aromatic rings. The highest BCUT2D eigenvalue weighted by molar-refractivity contribution is 6.36. The second kappa shape index (κ2) is 7.41. The first-order valence-electron chi connectivity index (χ1n) is 6.12. The summed E-state index contributed by atoms with van der Waals surface area (Å²) in [4.78, 5) is 11.6. The van der Waals surface area contributed by atoms with Crippen LogP contribution in [0.4, 0.5) is 0 Å². The van der Waals surface area contributed by atoms with Crippen LogP contribution < -0.4 is 4.74 Å². The number of oxime groups is 1. The van der Waals surface area contributed by atoms with Crippen LogP contribution in [0, 0.1) is 0 Å². The Labute approximate surface area is 112 Å². The molecule has 0 unspecified atom stereocenters. The molecule has 5 nitrogen and oxygen atoms in total. The van der Waals surface area contributed by atoms with Crippen molar-refractivity contribution in [3.63, 3.8) is 0 Å². The first-order valence-corrected chi connectivity index (χ1v) is 6.12. The maximum absolute atomic E-state index is 11.6. The highest BCUT2D eigenvalue weighted by atomic mass is 16.5. The number of hydrogen-bond donors (Lipinski definition) is 1. The molecular weight excluding hydrogens is 246 g/mol. The van der Waals surface area contributed by atoms with E-state index in [9.17, 15) is 4.79 Å². The number of para-hydroxylation sites is 1. The molecule has 0 heterocycles. The molecule has 0 amide bonds. The minimum absolute atomic E-state index is 0.0135. The van der Waals surface area contributed by atoms with Crippen LogP contribution in [0.5, 0.6) is 5.75 Å². The Morgan fingerprint density at radius 3 is 2.63 bits per heavy atom. The van der Waals surface area contributed by atoms with Gasteiger partial charge in [-0.2, -0.15) is 0 Å². The third kappa shape index (κ3) is 4.62. The largest absolute Gasteiger partial charge is 0.496 e. The van der Waals surface area contributed by atoms with E-state index in [0.29, 0.717) is 12.8 Å². The van der Waals surface area contributed by atoms with E-state index in [1.165, 1.54) is 0 Å².